The Hall–Kier alpha value is -3.51. The lowest BCUT2D eigenvalue weighted by molar-refractivity contribution is 0.544. The van der Waals surface area contributed by atoms with E-state index in [1.807, 2.05) is 47.2 Å². The third-order valence-corrected chi connectivity index (χ3v) is 6.09. The SMILES string of the molecule is Cc1cc(C)cc(N2C(=S)N[C@H](c3ccccn3)[C@H]2c2cccn2-c2ccccc2F)c1. The van der Waals surface area contributed by atoms with Crippen LogP contribution in [0.3, 0.4) is 0 Å². The van der Waals surface area contributed by atoms with E-state index in [0.717, 1.165) is 28.2 Å². The van der Waals surface area contributed by atoms with Crippen molar-refractivity contribution in [2.24, 2.45) is 0 Å². The molecule has 4 aromatic rings. The summed E-state index contributed by atoms with van der Waals surface area (Å²) in [7, 11) is 0. The number of rotatable bonds is 4. The summed E-state index contributed by atoms with van der Waals surface area (Å²) in [6.45, 7) is 4.16. The van der Waals surface area contributed by atoms with Gasteiger partial charge in [-0.05, 0) is 85.7 Å². The highest BCUT2D eigenvalue weighted by atomic mass is 32.1. The zero-order valence-electron chi connectivity index (χ0n) is 17.9. The van der Waals surface area contributed by atoms with E-state index in [0.29, 0.717) is 10.8 Å². The number of hydrogen-bond acceptors (Lipinski definition) is 2. The van der Waals surface area contributed by atoms with E-state index < -0.39 is 0 Å². The Bertz CT molecular complexity index is 1260. The van der Waals surface area contributed by atoms with E-state index in [4.69, 9.17) is 12.2 Å². The Morgan fingerprint density at radius 1 is 0.938 bits per heavy atom. The minimum absolute atomic E-state index is 0.190. The van der Waals surface area contributed by atoms with Crippen molar-refractivity contribution in [1.29, 1.82) is 0 Å². The van der Waals surface area contributed by atoms with Crippen molar-refractivity contribution in [1.82, 2.24) is 14.9 Å². The zero-order chi connectivity index (χ0) is 22.2. The predicted octanol–water partition coefficient (Wildman–Crippen LogP) is 5.81. The molecule has 0 radical (unpaired) electrons. The maximum atomic E-state index is 14.8. The van der Waals surface area contributed by atoms with E-state index in [2.05, 4.69) is 47.2 Å². The van der Waals surface area contributed by atoms with Gasteiger partial charge in [0.1, 0.15) is 11.9 Å². The largest absolute Gasteiger partial charge is 0.351 e. The summed E-state index contributed by atoms with van der Waals surface area (Å²) in [6.07, 6.45) is 3.68. The van der Waals surface area contributed by atoms with Gasteiger partial charge in [0.05, 0.1) is 17.4 Å². The summed E-state index contributed by atoms with van der Waals surface area (Å²) in [4.78, 5) is 6.73. The van der Waals surface area contributed by atoms with Gasteiger partial charge < -0.3 is 14.8 Å². The molecule has 0 bridgehead atoms. The number of hydrogen-bond donors (Lipinski definition) is 1. The van der Waals surface area contributed by atoms with Crippen molar-refractivity contribution in [3.05, 3.63) is 114 Å². The Morgan fingerprint density at radius 2 is 1.69 bits per heavy atom. The van der Waals surface area contributed by atoms with Gasteiger partial charge in [-0.2, -0.15) is 0 Å². The van der Waals surface area contributed by atoms with Crippen LogP contribution in [-0.2, 0) is 0 Å². The van der Waals surface area contributed by atoms with E-state index in [1.165, 1.54) is 6.07 Å². The van der Waals surface area contributed by atoms with Crippen LogP contribution in [0.25, 0.3) is 5.69 Å². The monoisotopic (exact) mass is 442 g/mol. The van der Waals surface area contributed by atoms with Crippen molar-refractivity contribution < 1.29 is 4.39 Å². The summed E-state index contributed by atoms with van der Waals surface area (Å²) >= 11 is 5.83. The summed E-state index contributed by atoms with van der Waals surface area (Å²) in [6, 6.07) is 22.6. The van der Waals surface area contributed by atoms with E-state index in [1.54, 1.807) is 18.3 Å². The minimum atomic E-state index is -0.272. The first-order chi connectivity index (χ1) is 15.5. The zero-order valence-corrected chi connectivity index (χ0v) is 18.7. The second-order valence-corrected chi connectivity index (χ2v) is 8.48. The molecule has 0 spiro atoms. The number of aryl methyl sites for hydroxylation is 2. The third kappa shape index (κ3) is 3.56. The summed E-state index contributed by atoms with van der Waals surface area (Å²) in [5, 5.41) is 4.10. The number of benzene rings is 2. The maximum absolute atomic E-state index is 14.8. The van der Waals surface area contributed by atoms with Crippen LogP contribution in [0.1, 0.15) is 34.6 Å². The highest BCUT2D eigenvalue weighted by molar-refractivity contribution is 7.80. The first kappa shape index (κ1) is 20.4. The summed E-state index contributed by atoms with van der Waals surface area (Å²) < 4.78 is 16.7. The molecule has 6 heteroatoms. The molecule has 2 aromatic heterocycles. The molecule has 2 atom stereocenters. The van der Waals surface area contributed by atoms with E-state index in [-0.39, 0.29) is 17.9 Å². The molecule has 1 saturated heterocycles. The molecule has 0 unspecified atom stereocenters. The number of aromatic nitrogens is 2. The van der Waals surface area contributed by atoms with Crippen LogP contribution >= 0.6 is 12.2 Å². The lowest BCUT2D eigenvalue weighted by atomic mass is 10.00. The lowest BCUT2D eigenvalue weighted by Crippen LogP contribution is -2.30. The maximum Gasteiger partial charge on any atom is 0.174 e. The number of halogens is 1. The molecule has 160 valence electrons. The molecule has 2 aromatic carbocycles. The van der Waals surface area contributed by atoms with Gasteiger partial charge in [0.2, 0.25) is 0 Å². The Balaban J connectivity index is 1.70. The molecule has 0 saturated carbocycles. The second kappa shape index (κ2) is 8.20. The normalized spacial score (nSPS) is 18.1. The Morgan fingerprint density at radius 3 is 2.41 bits per heavy atom. The van der Waals surface area contributed by atoms with Crippen LogP contribution in [0.15, 0.2) is 85.2 Å². The fourth-order valence-electron chi connectivity index (χ4n) is 4.52. The number of thiocarbonyl (C=S) groups is 1. The molecular weight excluding hydrogens is 419 g/mol. The first-order valence-corrected chi connectivity index (χ1v) is 10.9. The van der Waals surface area contributed by atoms with Gasteiger partial charge in [-0.3, -0.25) is 4.98 Å². The van der Waals surface area contributed by atoms with Crippen molar-refractivity contribution in [3.8, 4) is 5.69 Å². The number of pyridine rings is 1. The molecule has 1 aliphatic rings. The van der Waals surface area contributed by atoms with Crippen molar-refractivity contribution in [3.63, 3.8) is 0 Å². The Labute approximate surface area is 192 Å². The van der Waals surface area contributed by atoms with Crippen LogP contribution in [0, 0.1) is 19.7 Å². The van der Waals surface area contributed by atoms with E-state index >= 15 is 0 Å². The van der Waals surface area contributed by atoms with Gasteiger partial charge >= 0.3 is 0 Å². The molecule has 32 heavy (non-hydrogen) atoms. The highest BCUT2D eigenvalue weighted by Gasteiger charge is 2.42. The summed E-state index contributed by atoms with van der Waals surface area (Å²) in [5.41, 5.74) is 5.64. The third-order valence-electron chi connectivity index (χ3n) is 5.78. The van der Waals surface area contributed by atoms with Gasteiger partial charge in [0, 0.05) is 23.8 Å². The van der Waals surface area contributed by atoms with Crippen LogP contribution in [0.4, 0.5) is 10.1 Å². The average molecular weight is 443 g/mol. The van der Waals surface area contributed by atoms with Gasteiger partial charge in [-0.1, -0.05) is 24.3 Å². The van der Waals surface area contributed by atoms with Crippen LogP contribution in [0.5, 0.6) is 0 Å². The smallest absolute Gasteiger partial charge is 0.174 e. The average Bonchev–Trinajstić information content (AvgIpc) is 3.38. The Kier molecular flexibility index (Phi) is 5.23. The molecule has 0 amide bonds. The quantitative estimate of drug-likeness (QED) is 0.405. The predicted molar refractivity (Wildman–Crippen MR) is 130 cm³/mol. The summed E-state index contributed by atoms with van der Waals surface area (Å²) in [5.74, 6) is -0.272. The molecular formula is C26H23FN4S. The molecule has 1 aliphatic heterocycles. The van der Waals surface area contributed by atoms with Gasteiger partial charge in [0.15, 0.2) is 5.11 Å². The standard InChI is InChI=1S/C26H23FN4S/c1-17-14-18(2)16-19(15-17)31-25(24(29-26(31)32)21-9-5-6-12-28-21)23-11-7-13-30(23)22-10-4-3-8-20(22)27/h3-16,24-25H,1-2H3,(H,29,32)/t24-,25-/m1/s1. The van der Waals surface area contributed by atoms with Crippen LogP contribution in [-0.4, -0.2) is 14.7 Å². The van der Waals surface area contributed by atoms with Crippen molar-refractivity contribution in [2.75, 3.05) is 4.90 Å². The van der Waals surface area contributed by atoms with Gasteiger partial charge in [-0.25, -0.2) is 4.39 Å². The topological polar surface area (TPSA) is 33.1 Å². The van der Waals surface area contributed by atoms with Crippen molar-refractivity contribution >= 4 is 23.0 Å². The highest BCUT2D eigenvalue weighted by Crippen LogP contribution is 2.42. The molecule has 4 nitrogen and oxygen atoms in total. The fraction of sp³-hybridized carbons (Fsp3) is 0.154. The molecule has 1 fully saturated rings. The molecule has 1 N–H and O–H groups in total. The molecule has 3 heterocycles. The fourth-order valence-corrected chi connectivity index (χ4v) is 4.87. The number of nitrogens with one attached hydrogen (secondary N) is 1. The molecule has 5 rings (SSSR count). The minimum Gasteiger partial charge on any atom is -0.351 e. The molecule has 0 aliphatic carbocycles. The number of nitrogens with zero attached hydrogens (tertiary/aromatic N) is 3. The van der Waals surface area contributed by atoms with Gasteiger partial charge in [0.25, 0.3) is 0 Å². The number of anilines is 1. The van der Waals surface area contributed by atoms with E-state index in [9.17, 15) is 4.39 Å². The first-order valence-electron chi connectivity index (χ1n) is 10.5. The van der Waals surface area contributed by atoms with Gasteiger partial charge in [-0.15, -0.1) is 0 Å². The lowest BCUT2D eigenvalue weighted by Gasteiger charge is -2.29. The van der Waals surface area contributed by atoms with Crippen molar-refractivity contribution in [2.45, 2.75) is 25.9 Å². The number of para-hydroxylation sites is 1. The van der Waals surface area contributed by atoms with Crippen LogP contribution in [0.2, 0.25) is 0 Å². The van der Waals surface area contributed by atoms with Crippen LogP contribution < -0.4 is 10.2 Å². The second-order valence-electron chi connectivity index (χ2n) is 8.10.